The Morgan fingerprint density at radius 3 is 2.95 bits per heavy atom. The number of nitrogens with one attached hydrogen (secondary N) is 1. The van der Waals surface area contributed by atoms with E-state index < -0.39 is 0 Å². The van der Waals surface area contributed by atoms with Crippen molar-refractivity contribution in [3.05, 3.63) is 12.4 Å². The van der Waals surface area contributed by atoms with E-state index in [1.165, 1.54) is 0 Å². The lowest BCUT2D eigenvalue weighted by molar-refractivity contribution is -0.125. The lowest BCUT2D eigenvalue weighted by Gasteiger charge is -2.31. The smallest absolute Gasteiger partial charge is 0.225 e. The molecule has 1 aliphatic rings. The number of nitrogens with two attached hydrogens (primary N) is 1. The molecule has 1 unspecified atom stereocenters. The number of ether oxygens (including phenoxy) is 1. The second kappa shape index (κ2) is 7.04. The summed E-state index contributed by atoms with van der Waals surface area (Å²) in [5.41, 5.74) is 5.40. The third-order valence-electron chi connectivity index (χ3n) is 3.37. The Morgan fingerprint density at radius 2 is 2.30 bits per heavy atom. The van der Waals surface area contributed by atoms with Gasteiger partial charge in [0.2, 0.25) is 11.9 Å². The van der Waals surface area contributed by atoms with Gasteiger partial charge in [-0.3, -0.25) is 4.79 Å². The third-order valence-corrected chi connectivity index (χ3v) is 3.37. The summed E-state index contributed by atoms with van der Waals surface area (Å²) in [5.74, 6) is 1.31. The zero-order valence-corrected chi connectivity index (χ0v) is 11.7. The highest BCUT2D eigenvalue weighted by molar-refractivity contribution is 5.79. The normalized spacial score (nSPS) is 18.7. The molecule has 1 aliphatic heterocycles. The van der Waals surface area contributed by atoms with Crippen LogP contribution < -0.4 is 20.7 Å². The van der Waals surface area contributed by atoms with Gasteiger partial charge in [0.05, 0.1) is 25.4 Å². The third kappa shape index (κ3) is 3.57. The van der Waals surface area contributed by atoms with E-state index in [1.54, 1.807) is 19.5 Å². The monoisotopic (exact) mass is 279 g/mol. The first-order valence-corrected chi connectivity index (χ1v) is 6.83. The van der Waals surface area contributed by atoms with Gasteiger partial charge < -0.3 is 20.7 Å². The van der Waals surface area contributed by atoms with Crippen LogP contribution in [0.5, 0.6) is 5.75 Å². The van der Waals surface area contributed by atoms with E-state index >= 15 is 0 Å². The Labute approximate surface area is 118 Å². The first-order chi connectivity index (χ1) is 9.74. The van der Waals surface area contributed by atoms with Crippen LogP contribution in [0.25, 0.3) is 0 Å². The van der Waals surface area contributed by atoms with Crippen molar-refractivity contribution >= 4 is 11.9 Å². The fourth-order valence-electron chi connectivity index (χ4n) is 2.29. The Bertz CT molecular complexity index is 437. The number of rotatable bonds is 5. The van der Waals surface area contributed by atoms with Crippen LogP contribution in [-0.2, 0) is 4.79 Å². The van der Waals surface area contributed by atoms with Gasteiger partial charge in [0.1, 0.15) is 0 Å². The van der Waals surface area contributed by atoms with E-state index in [9.17, 15) is 4.79 Å². The molecule has 0 bridgehead atoms. The second-order valence-electron chi connectivity index (χ2n) is 4.79. The number of methoxy groups -OCH3 is 1. The van der Waals surface area contributed by atoms with Crippen molar-refractivity contribution < 1.29 is 9.53 Å². The van der Waals surface area contributed by atoms with Crippen LogP contribution in [0.15, 0.2) is 12.4 Å². The molecule has 20 heavy (non-hydrogen) atoms. The molecule has 1 amide bonds. The predicted molar refractivity (Wildman–Crippen MR) is 75.6 cm³/mol. The van der Waals surface area contributed by atoms with Crippen LogP contribution in [0.4, 0.5) is 5.95 Å². The molecule has 1 aromatic rings. The minimum atomic E-state index is -0.0269. The molecule has 0 spiro atoms. The standard InChI is InChI=1S/C13H21N5O2/c1-20-11-7-16-13(17-8-11)18-6-2-3-10(9-18)12(19)15-5-4-14/h7-8,10H,2-6,9,14H2,1H3,(H,15,19). The Kier molecular flexibility index (Phi) is 5.11. The van der Waals surface area contributed by atoms with E-state index in [-0.39, 0.29) is 11.8 Å². The van der Waals surface area contributed by atoms with Crippen molar-refractivity contribution in [1.29, 1.82) is 0 Å². The van der Waals surface area contributed by atoms with Gasteiger partial charge in [0.25, 0.3) is 0 Å². The molecule has 0 radical (unpaired) electrons. The van der Waals surface area contributed by atoms with Gasteiger partial charge in [-0.25, -0.2) is 9.97 Å². The molecule has 1 fully saturated rings. The van der Waals surface area contributed by atoms with Crippen LogP contribution in [0.1, 0.15) is 12.8 Å². The number of nitrogens with zero attached hydrogens (tertiary/aromatic N) is 3. The average Bonchev–Trinajstić information content (AvgIpc) is 2.52. The van der Waals surface area contributed by atoms with Crippen molar-refractivity contribution in [2.75, 3.05) is 38.2 Å². The second-order valence-corrected chi connectivity index (χ2v) is 4.79. The van der Waals surface area contributed by atoms with Crippen molar-refractivity contribution in [3.63, 3.8) is 0 Å². The molecule has 0 aliphatic carbocycles. The molecule has 110 valence electrons. The largest absolute Gasteiger partial charge is 0.494 e. The van der Waals surface area contributed by atoms with Crippen molar-refractivity contribution in [3.8, 4) is 5.75 Å². The van der Waals surface area contributed by atoms with Gasteiger partial charge >= 0.3 is 0 Å². The van der Waals surface area contributed by atoms with Crippen LogP contribution in [0.2, 0.25) is 0 Å². The summed E-state index contributed by atoms with van der Waals surface area (Å²) in [5, 5.41) is 2.84. The van der Waals surface area contributed by atoms with Gasteiger partial charge in [-0.15, -0.1) is 0 Å². The SMILES string of the molecule is COc1cnc(N2CCCC(C(=O)NCCN)C2)nc1. The van der Waals surface area contributed by atoms with Crippen LogP contribution in [-0.4, -0.2) is 49.2 Å². The minimum Gasteiger partial charge on any atom is -0.494 e. The van der Waals surface area contributed by atoms with Gasteiger partial charge in [-0.05, 0) is 12.8 Å². The summed E-state index contributed by atoms with van der Waals surface area (Å²) in [6.45, 7) is 2.49. The highest BCUT2D eigenvalue weighted by Crippen LogP contribution is 2.21. The summed E-state index contributed by atoms with van der Waals surface area (Å²) in [6.07, 6.45) is 5.13. The number of aromatic nitrogens is 2. The van der Waals surface area contributed by atoms with Crippen molar-refractivity contribution in [2.45, 2.75) is 12.8 Å². The zero-order chi connectivity index (χ0) is 14.4. The fraction of sp³-hybridized carbons (Fsp3) is 0.615. The number of carbonyl (C=O) groups is 1. The van der Waals surface area contributed by atoms with Crippen molar-refractivity contribution in [2.24, 2.45) is 11.7 Å². The molecule has 7 nitrogen and oxygen atoms in total. The predicted octanol–water partition coefficient (Wildman–Crippen LogP) is -0.223. The van der Waals surface area contributed by atoms with E-state index in [0.717, 1.165) is 19.4 Å². The minimum absolute atomic E-state index is 0.0269. The molecule has 2 rings (SSSR count). The fourth-order valence-corrected chi connectivity index (χ4v) is 2.29. The maximum Gasteiger partial charge on any atom is 0.225 e. The van der Waals surface area contributed by atoms with E-state index in [1.807, 2.05) is 4.90 Å². The summed E-state index contributed by atoms with van der Waals surface area (Å²) >= 11 is 0. The summed E-state index contributed by atoms with van der Waals surface area (Å²) in [7, 11) is 1.58. The number of amides is 1. The number of carbonyl (C=O) groups excluding carboxylic acids is 1. The Hall–Kier alpha value is -1.89. The number of anilines is 1. The molecule has 0 saturated carbocycles. The maximum absolute atomic E-state index is 12.0. The first-order valence-electron chi connectivity index (χ1n) is 6.83. The molecule has 0 aromatic carbocycles. The van der Waals surface area contributed by atoms with Crippen molar-refractivity contribution in [1.82, 2.24) is 15.3 Å². The quantitative estimate of drug-likeness (QED) is 0.774. The molecule has 7 heteroatoms. The van der Waals surface area contributed by atoms with E-state index in [2.05, 4.69) is 15.3 Å². The Morgan fingerprint density at radius 1 is 1.55 bits per heavy atom. The Balaban J connectivity index is 1.96. The average molecular weight is 279 g/mol. The molecular weight excluding hydrogens is 258 g/mol. The topological polar surface area (TPSA) is 93.4 Å². The number of hydrogen-bond acceptors (Lipinski definition) is 6. The molecule has 1 saturated heterocycles. The first kappa shape index (κ1) is 14.5. The van der Waals surface area contributed by atoms with Gasteiger partial charge in [-0.1, -0.05) is 0 Å². The van der Waals surface area contributed by atoms with Gasteiger partial charge in [-0.2, -0.15) is 0 Å². The molecular formula is C13H21N5O2. The highest BCUT2D eigenvalue weighted by Gasteiger charge is 2.26. The van der Waals surface area contributed by atoms with E-state index in [4.69, 9.17) is 10.5 Å². The number of piperidine rings is 1. The molecule has 2 heterocycles. The summed E-state index contributed by atoms with van der Waals surface area (Å²) < 4.78 is 5.04. The zero-order valence-electron chi connectivity index (χ0n) is 11.7. The van der Waals surface area contributed by atoms with Gasteiger partial charge in [0, 0.05) is 26.2 Å². The lowest BCUT2D eigenvalue weighted by atomic mass is 9.97. The van der Waals surface area contributed by atoms with Crippen LogP contribution >= 0.6 is 0 Å². The molecule has 3 N–H and O–H groups in total. The summed E-state index contributed by atoms with van der Waals surface area (Å²) in [6, 6.07) is 0. The van der Waals surface area contributed by atoms with Crippen LogP contribution in [0, 0.1) is 5.92 Å². The number of hydrogen-bond donors (Lipinski definition) is 2. The van der Waals surface area contributed by atoms with Crippen LogP contribution in [0.3, 0.4) is 0 Å². The molecule has 1 aromatic heterocycles. The lowest BCUT2D eigenvalue weighted by Crippen LogP contribution is -2.44. The summed E-state index contributed by atoms with van der Waals surface area (Å²) in [4.78, 5) is 22.6. The molecule has 1 atom stereocenters. The van der Waals surface area contributed by atoms with E-state index in [0.29, 0.717) is 31.3 Å². The highest BCUT2D eigenvalue weighted by atomic mass is 16.5. The van der Waals surface area contributed by atoms with Gasteiger partial charge in [0.15, 0.2) is 5.75 Å². The maximum atomic E-state index is 12.0.